The van der Waals surface area contributed by atoms with Crippen molar-refractivity contribution in [2.75, 3.05) is 0 Å². The fraction of sp³-hybridized carbons (Fsp3) is 0.200. The summed E-state index contributed by atoms with van der Waals surface area (Å²) < 4.78 is 0. The molecule has 0 atom stereocenters. The quantitative estimate of drug-likeness (QED) is 0.629. The van der Waals surface area contributed by atoms with Gasteiger partial charge in [-0.15, -0.1) is 13.2 Å². The molecule has 0 aromatic carbocycles. The zero-order chi connectivity index (χ0) is 8.81. The summed E-state index contributed by atoms with van der Waals surface area (Å²) in [6.45, 7) is 7.28. The third kappa shape index (κ3) is 2.31. The van der Waals surface area contributed by atoms with Crippen LogP contribution in [0.15, 0.2) is 37.6 Å². The monoisotopic (exact) mass is 160 g/mol. The van der Waals surface area contributed by atoms with Crippen LogP contribution in [-0.2, 0) is 12.8 Å². The maximum absolute atomic E-state index is 4.30. The van der Waals surface area contributed by atoms with Crippen molar-refractivity contribution in [1.82, 2.24) is 9.97 Å². The van der Waals surface area contributed by atoms with E-state index in [2.05, 4.69) is 23.1 Å². The van der Waals surface area contributed by atoms with E-state index in [4.69, 9.17) is 0 Å². The maximum atomic E-state index is 4.30. The zero-order valence-corrected chi connectivity index (χ0v) is 7.03. The molecule has 0 spiro atoms. The standard InChI is InChI=1S/C10H12N2/c1-3-5-9-7-8-11-10(12-9)6-4-2/h3-4,7-8H,1-2,5-6H2. The number of nitrogens with zero attached hydrogens (tertiary/aromatic N) is 2. The lowest BCUT2D eigenvalue weighted by Crippen LogP contribution is -1.96. The highest BCUT2D eigenvalue weighted by Gasteiger charge is 1.94. The van der Waals surface area contributed by atoms with Crippen molar-refractivity contribution in [2.45, 2.75) is 12.8 Å². The van der Waals surface area contributed by atoms with E-state index in [-0.39, 0.29) is 0 Å². The van der Waals surface area contributed by atoms with Gasteiger partial charge in [-0.3, -0.25) is 0 Å². The predicted octanol–water partition coefficient (Wildman–Crippen LogP) is 1.93. The van der Waals surface area contributed by atoms with Crippen LogP contribution in [0.25, 0.3) is 0 Å². The average Bonchev–Trinajstić information content (AvgIpc) is 2.06. The van der Waals surface area contributed by atoms with Gasteiger partial charge in [0.25, 0.3) is 0 Å². The summed E-state index contributed by atoms with van der Waals surface area (Å²) in [6, 6.07) is 1.90. The van der Waals surface area contributed by atoms with Gasteiger partial charge >= 0.3 is 0 Å². The third-order valence-electron chi connectivity index (χ3n) is 1.44. The second kappa shape index (κ2) is 4.44. The fourth-order valence-corrected chi connectivity index (χ4v) is 0.930. The summed E-state index contributed by atoms with van der Waals surface area (Å²) in [4.78, 5) is 8.39. The van der Waals surface area contributed by atoms with Crippen molar-refractivity contribution < 1.29 is 0 Å². The molecule has 1 aromatic heterocycles. The Bertz CT molecular complexity index is 254. The van der Waals surface area contributed by atoms with Crippen molar-refractivity contribution in [2.24, 2.45) is 0 Å². The van der Waals surface area contributed by atoms with Crippen LogP contribution in [-0.4, -0.2) is 9.97 Å². The number of allylic oxidation sites excluding steroid dienone is 2. The van der Waals surface area contributed by atoms with Crippen LogP contribution < -0.4 is 0 Å². The molecule has 1 rings (SSSR count). The molecular formula is C10H12N2. The molecule has 2 nitrogen and oxygen atoms in total. The smallest absolute Gasteiger partial charge is 0.132 e. The molecule has 1 aromatic rings. The Morgan fingerprint density at radius 3 is 2.67 bits per heavy atom. The molecule has 2 heteroatoms. The second-order valence-corrected chi connectivity index (χ2v) is 2.45. The molecule has 0 amide bonds. The van der Waals surface area contributed by atoms with E-state index in [1.54, 1.807) is 12.3 Å². The minimum absolute atomic E-state index is 0.727. The lowest BCUT2D eigenvalue weighted by atomic mass is 10.3. The first-order chi connectivity index (χ1) is 5.86. The molecule has 0 aliphatic rings. The molecule has 0 radical (unpaired) electrons. The maximum Gasteiger partial charge on any atom is 0.132 e. The largest absolute Gasteiger partial charge is 0.241 e. The van der Waals surface area contributed by atoms with E-state index >= 15 is 0 Å². The van der Waals surface area contributed by atoms with Crippen molar-refractivity contribution >= 4 is 0 Å². The van der Waals surface area contributed by atoms with Crippen LogP contribution in [0.5, 0.6) is 0 Å². The van der Waals surface area contributed by atoms with Crippen LogP contribution in [0.3, 0.4) is 0 Å². The minimum atomic E-state index is 0.727. The summed E-state index contributed by atoms with van der Waals surface area (Å²) in [5, 5.41) is 0. The van der Waals surface area contributed by atoms with E-state index in [1.165, 1.54) is 0 Å². The van der Waals surface area contributed by atoms with Gasteiger partial charge in [0.2, 0.25) is 0 Å². The molecule has 0 saturated heterocycles. The topological polar surface area (TPSA) is 25.8 Å². The van der Waals surface area contributed by atoms with Gasteiger partial charge in [-0.1, -0.05) is 12.2 Å². The molecular weight excluding hydrogens is 148 g/mol. The zero-order valence-electron chi connectivity index (χ0n) is 7.03. The first kappa shape index (κ1) is 8.65. The number of hydrogen-bond donors (Lipinski definition) is 0. The molecule has 62 valence electrons. The van der Waals surface area contributed by atoms with Gasteiger partial charge < -0.3 is 0 Å². The van der Waals surface area contributed by atoms with E-state index in [1.807, 2.05) is 12.1 Å². The summed E-state index contributed by atoms with van der Waals surface area (Å²) in [5.41, 5.74) is 1.01. The summed E-state index contributed by atoms with van der Waals surface area (Å²) in [6.07, 6.45) is 6.93. The molecule has 0 bridgehead atoms. The Morgan fingerprint density at radius 1 is 1.25 bits per heavy atom. The fourth-order valence-electron chi connectivity index (χ4n) is 0.930. The van der Waals surface area contributed by atoms with Crippen molar-refractivity contribution in [1.29, 1.82) is 0 Å². The van der Waals surface area contributed by atoms with Crippen LogP contribution in [0.4, 0.5) is 0 Å². The predicted molar refractivity (Wildman–Crippen MR) is 49.8 cm³/mol. The minimum Gasteiger partial charge on any atom is -0.241 e. The van der Waals surface area contributed by atoms with Gasteiger partial charge in [-0.25, -0.2) is 9.97 Å². The van der Waals surface area contributed by atoms with Gasteiger partial charge in [0.05, 0.1) is 0 Å². The lowest BCUT2D eigenvalue weighted by Gasteiger charge is -1.97. The molecule has 12 heavy (non-hydrogen) atoms. The highest BCUT2D eigenvalue weighted by atomic mass is 14.9. The Morgan fingerprint density at radius 2 is 2.00 bits per heavy atom. The molecule has 0 unspecified atom stereocenters. The number of hydrogen-bond acceptors (Lipinski definition) is 2. The molecule has 0 saturated carbocycles. The van der Waals surface area contributed by atoms with Crippen molar-refractivity contribution in [3.05, 3.63) is 49.1 Å². The van der Waals surface area contributed by atoms with Crippen LogP contribution in [0, 0.1) is 0 Å². The molecule has 0 N–H and O–H groups in total. The van der Waals surface area contributed by atoms with Gasteiger partial charge in [0.1, 0.15) is 5.82 Å². The van der Waals surface area contributed by atoms with Crippen LogP contribution >= 0.6 is 0 Å². The first-order valence-electron chi connectivity index (χ1n) is 3.89. The molecule has 0 aliphatic carbocycles. The molecule has 0 aliphatic heterocycles. The van der Waals surface area contributed by atoms with E-state index in [0.29, 0.717) is 0 Å². The van der Waals surface area contributed by atoms with Crippen LogP contribution in [0.2, 0.25) is 0 Å². The molecule has 1 heterocycles. The first-order valence-corrected chi connectivity index (χ1v) is 3.89. The van der Waals surface area contributed by atoms with Gasteiger partial charge in [-0.05, 0) is 6.07 Å². The summed E-state index contributed by atoms with van der Waals surface area (Å²) in [7, 11) is 0. The molecule has 0 fully saturated rings. The van der Waals surface area contributed by atoms with E-state index in [9.17, 15) is 0 Å². The van der Waals surface area contributed by atoms with Gasteiger partial charge in [0, 0.05) is 24.7 Å². The van der Waals surface area contributed by atoms with Gasteiger partial charge in [-0.2, -0.15) is 0 Å². The second-order valence-electron chi connectivity index (χ2n) is 2.45. The summed E-state index contributed by atoms with van der Waals surface area (Å²) >= 11 is 0. The van der Waals surface area contributed by atoms with E-state index < -0.39 is 0 Å². The Kier molecular flexibility index (Phi) is 3.20. The van der Waals surface area contributed by atoms with Gasteiger partial charge in [0.15, 0.2) is 0 Å². The Hall–Kier alpha value is -1.44. The summed E-state index contributed by atoms with van der Waals surface area (Å²) in [5.74, 6) is 0.823. The van der Waals surface area contributed by atoms with Crippen molar-refractivity contribution in [3.63, 3.8) is 0 Å². The van der Waals surface area contributed by atoms with Crippen LogP contribution in [0.1, 0.15) is 11.5 Å². The third-order valence-corrected chi connectivity index (χ3v) is 1.44. The van der Waals surface area contributed by atoms with Crippen molar-refractivity contribution in [3.8, 4) is 0 Å². The normalized spacial score (nSPS) is 9.33. The highest BCUT2D eigenvalue weighted by Crippen LogP contribution is 1.98. The Balaban J connectivity index is 2.79. The number of aromatic nitrogens is 2. The average molecular weight is 160 g/mol. The number of rotatable bonds is 4. The highest BCUT2D eigenvalue weighted by molar-refractivity contribution is 5.07. The Labute approximate surface area is 72.7 Å². The lowest BCUT2D eigenvalue weighted by molar-refractivity contribution is 0.940. The SMILES string of the molecule is C=CCc1ccnc(CC=C)n1. The van der Waals surface area contributed by atoms with E-state index in [0.717, 1.165) is 24.4 Å².